The second kappa shape index (κ2) is 4.89. The van der Waals surface area contributed by atoms with E-state index < -0.39 is 16.0 Å². The molecule has 0 aromatic carbocycles. The summed E-state index contributed by atoms with van der Waals surface area (Å²) in [4.78, 5) is 12.0. The van der Waals surface area contributed by atoms with Crippen LogP contribution >= 0.6 is 0 Å². The van der Waals surface area contributed by atoms with E-state index >= 15 is 0 Å². The molecule has 6 nitrogen and oxygen atoms in total. The average Bonchev–Trinajstić information content (AvgIpc) is 3.28. The van der Waals surface area contributed by atoms with Crippen molar-refractivity contribution in [2.45, 2.75) is 43.0 Å². The SMILES string of the molecule is NS(=O)(=O)c1cc(C(=O)OCCC2CC2)n(C2CC2)c1. The normalized spacial score (nSPS) is 19.1. The molecule has 0 spiro atoms. The van der Waals surface area contributed by atoms with Gasteiger partial charge in [-0.15, -0.1) is 0 Å². The van der Waals surface area contributed by atoms with Crippen molar-refractivity contribution in [3.63, 3.8) is 0 Å². The molecule has 0 atom stereocenters. The number of primary sulfonamides is 1. The Kier molecular flexibility index (Phi) is 3.33. The third-order valence-electron chi connectivity index (χ3n) is 3.76. The standard InChI is InChI=1S/C13H18N2O4S/c14-20(17,18)11-7-12(15(8-11)10-3-4-10)13(16)19-6-5-9-1-2-9/h7-10H,1-6H2,(H2,14,17,18). The summed E-state index contributed by atoms with van der Waals surface area (Å²) in [5.74, 6) is 0.227. The first kappa shape index (κ1) is 13.6. The minimum absolute atomic E-state index is 0.0291. The van der Waals surface area contributed by atoms with Gasteiger partial charge in [0.1, 0.15) is 10.6 Å². The molecule has 2 saturated carbocycles. The van der Waals surface area contributed by atoms with Gasteiger partial charge in [-0.3, -0.25) is 0 Å². The number of aromatic nitrogens is 1. The highest BCUT2D eigenvalue weighted by molar-refractivity contribution is 7.89. The molecule has 0 aliphatic heterocycles. The summed E-state index contributed by atoms with van der Waals surface area (Å²) < 4.78 is 29.7. The van der Waals surface area contributed by atoms with Crippen molar-refractivity contribution in [2.24, 2.45) is 11.1 Å². The molecule has 7 heteroatoms. The van der Waals surface area contributed by atoms with Crippen LogP contribution in [-0.4, -0.2) is 25.6 Å². The van der Waals surface area contributed by atoms with Gasteiger partial charge in [0.25, 0.3) is 0 Å². The molecule has 0 bridgehead atoms. The number of hydrogen-bond acceptors (Lipinski definition) is 4. The smallest absolute Gasteiger partial charge is 0.354 e. The predicted molar refractivity (Wildman–Crippen MR) is 71.7 cm³/mol. The second-order valence-electron chi connectivity index (χ2n) is 5.61. The number of carbonyl (C=O) groups is 1. The van der Waals surface area contributed by atoms with Crippen molar-refractivity contribution >= 4 is 16.0 Å². The Hall–Kier alpha value is -1.34. The van der Waals surface area contributed by atoms with Crippen LogP contribution in [0.1, 0.15) is 48.6 Å². The molecule has 1 heterocycles. The number of nitrogens with two attached hydrogens (primary N) is 1. The average molecular weight is 298 g/mol. The minimum Gasteiger partial charge on any atom is -0.461 e. The lowest BCUT2D eigenvalue weighted by Gasteiger charge is -2.07. The van der Waals surface area contributed by atoms with Crippen LogP contribution in [0.15, 0.2) is 17.2 Å². The lowest BCUT2D eigenvalue weighted by molar-refractivity contribution is 0.0482. The number of nitrogens with zero attached hydrogens (tertiary/aromatic N) is 1. The van der Waals surface area contributed by atoms with Crippen LogP contribution in [0.4, 0.5) is 0 Å². The molecule has 2 fully saturated rings. The van der Waals surface area contributed by atoms with Crippen LogP contribution in [0.2, 0.25) is 0 Å². The summed E-state index contributed by atoms with van der Waals surface area (Å²) in [6.07, 6.45) is 6.64. The molecule has 1 aromatic heterocycles. The topological polar surface area (TPSA) is 91.4 Å². The highest BCUT2D eigenvalue weighted by atomic mass is 32.2. The van der Waals surface area contributed by atoms with Gasteiger partial charge < -0.3 is 9.30 Å². The van der Waals surface area contributed by atoms with Crippen LogP contribution in [-0.2, 0) is 14.8 Å². The van der Waals surface area contributed by atoms with Gasteiger partial charge in [-0.25, -0.2) is 18.4 Å². The Bertz CT molecular complexity index is 627. The number of hydrogen-bond donors (Lipinski definition) is 1. The molecular weight excluding hydrogens is 280 g/mol. The van der Waals surface area contributed by atoms with E-state index in [-0.39, 0.29) is 16.6 Å². The fraction of sp³-hybridized carbons (Fsp3) is 0.615. The first-order valence-electron chi connectivity index (χ1n) is 6.87. The van der Waals surface area contributed by atoms with E-state index in [9.17, 15) is 13.2 Å². The Morgan fingerprint density at radius 3 is 2.60 bits per heavy atom. The van der Waals surface area contributed by atoms with Crippen LogP contribution in [0, 0.1) is 5.92 Å². The van der Waals surface area contributed by atoms with E-state index in [1.54, 1.807) is 4.57 Å². The number of esters is 1. The third kappa shape index (κ3) is 3.04. The molecule has 0 radical (unpaired) electrons. The van der Waals surface area contributed by atoms with Gasteiger partial charge in [0, 0.05) is 12.2 Å². The molecule has 2 N–H and O–H groups in total. The quantitative estimate of drug-likeness (QED) is 0.804. The van der Waals surface area contributed by atoms with Crippen molar-refractivity contribution in [3.8, 4) is 0 Å². The molecule has 3 rings (SSSR count). The van der Waals surface area contributed by atoms with Gasteiger partial charge in [0.2, 0.25) is 10.0 Å². The number of rotatable bonds is 6. The molecule has 20 heavy (non-hydrogen) atoms. The fourth-order valence-electron chi connectivity index (χ4n) is 2.23. The van der Waals surface area contributed by atoms with Gasteiger partial charge in [-0.05, 0) is 31.2 Å². The maximum absolute atomic E-state index is 12.1. The summed E-state index contributed by atoms with van der Waals surface area (Å²) in [5, 5.41) is 5.11. The molecule has 1 aromatic rings. The number of sulfonamides is 1. The van der Waals surface area contributed by atoms with Crippen molar-refractivity contribution in [1.82, 2.24) is 4.57 Å². The van der Waals surface area contributed by atoms with Crippen LogP contribution in [0.25, 0.3) is 0 Å². The van der Waals surface area contributed by atoms with Crippen LogP contribution < -0.4 is 5.14 Å². The Morgan fingerprint density at radius 1 is 1.35 bits per heavy atom. The Labute approximate surface area is 117 Å². The van der Waals surface area contributed by atoms with Crippen molar-refractivity contribution in [3.05, 3.63) is 18.0 Å². The van der Waals surface area contributed by atoms with Crippen molar-refractivity contribution in [2.75, 3.05) is 6.61 Å². The van der Waals surface area contributed by atoms with Crippen LogP contribution in [0.3, 0.4) is 0 Å². The van der Waals surface area contributed by atoms with Gasteiger partial charge >= 0.3 is 5.97 Å². The van der Waals surface area contributed by atoms with Crippen molar-refractivity contribution in [1.29, 1.82) is 0 Å². The third-order valence-corrected chi connectivity index (χ3v) is 4.64. The van der Waals surface area contributed by atoms with E-state index in [0.29, 0.717) is 12.5 Å². The lowest BCUT2D eigenvalue weighted by Crippen LogP contribution is -2.12. The van der Waals surface area contributed by atoms with Gasteiger partial charge in [0.05, 0.1) is 6.61 Å². The molecule has 110 valence electrons. The maximum Gasteiger partial charge on any atom is 0.354 e. The summed E-state index contributed by atoms with van der Waals surface area (Å²) in [5.41, 5.74) is 0.285. The highest BCUT2D eigenvalue weighted by Crippen LogP contribution is 2.37. The lowest BCUT2D eigenvalue weighted by atomic mass is 10.3. The van der Waals surface area contributed by atoms with Crippen LogP contribution in [0.5, 0.6) is 0 Å². The summed E-state index contributed by atoms with van der Waals surface area (Å²) >= 11 is 0. The molecular formula is C13H18N2O4S. The van der Waals surface area contributed by atoms with Gasteiger partial charge in [0.15, 0.2) is 0 Å². The highest BCUT2D eigenvalue weighted by Gasteiger charge is 2.30. The van der Waals surface area contributed by atoms with Gasteiger partial charge in [-0.1, -0.05) is 12.8 Å². The van der Waals surface area contributed by atoms with Gasteiger partial charge in [-0.2, -0.15) is 0 Å². The zero-order valence-corrected chi connectivity index (χ0v) is 11.9. The predicted octanol–water partition coefficient (Wildman–Crippen LogP) is 1.43. The number of carbonyl (C=O) groups excluding carboxylic acids is 1. The molecule has 0 saturated heterocycles. The van der Waals surface area contributed by atoms with E-state index in [1.807, 2.05) is 0 Å². The van der Waals surface area contributed by atoms with E-state index in [4.69, 9.17) is 9.88 Å². The largest absolute Gasteiger partial charge is 0.461 e. The Morgan fingerprint density at radius 2 is 2.05 bits per heavy atom. The zero-order chi connectivity index (χ0) is 14.3. The first-order chi connectivity index (χ1) is 9.45. The minimum atomic E-state index is -3.80. The Balaban J connectivity index is 1.75. The van der Waals surface area contributed by atoms with Crippen molar-refractivity contribution < 1.29 is 17.9 Å². The first-order valence-corrected chi connectivity index (χ1v) is 8.41. The molecule has 0 amide bonds. The monoisotopic (exact) mass is 298 g/mol. The second-order valence-corrected chi connectivity index (χ2v) is 7.17. The molecule has 0 unspecified atom stereocenters. The van der Waals surface area contributed by atoms with E-state index in [0.717, 1.165) is 19.3 Å². The van der Waals surface area contributed by atoms with E-state index in [2.05, 4.69) is 0 Å². The summed E-state index contributed by atoms with van der Waals surface area (Å²) in [7, 11) is -3.80. The maximum atomic E-state index is 12.1. The fourth-order valence-corrected chi connectivity index (χ4v) is 2.76. The number of ether oxygens (including phenoxy) is 1. The summed E-state index contributed by atoms with van der Waals surface area (Å²) in [6, 6.07) is 1.50. The zero-order valence-electron chi connectivity index (χ0n) is 11.1. The molecule has 2 aliphatic carbocycles. The van der Waals surface area contributed by atoms with E-state index in [1.165, 1.54) is 25.1 Å². The summed E-state index contributed by atoms with van der Waals surface area (Å²) in [6.45, 7) is 0.393. The molecule has 2 aliphatic rings.